The molecule has 1 aliphatic rings. The molecule has 0 amide bonds. The molecule has 24 heavy (non-hydrogen) atoms. The van der Waals surface area contributed by atoms with Gasteiger partial charge in [-0.15, -0.1) is 0 Å². The maximum atomic E-state index is 12.5. The van der Waals surface area contributed by atoms with Crippen LogP contribution in [0.3, 0.4) is 0 Å². The number of hydrogen-bond acceptors (Lipinski definition) is 5. The van der Waals surface area contributed by atoms with Gasteiger partial charge in [-0.3, -0.25) is 4.79 Å². The number of nitrogens with zero attached hydrogens (tertiary/aromatic N) is 3. The fraction of sp³-hybridized carbons (Fsp3) is 0.263. The van der Waals surface area contributed by atoms with Gasteiger partial charge >= 0.3 is 0 Å². The second kappa shape index (κ2) is 7.17. The van der Waals surface area contributed by atoms with Crippen molar-refractivity contribution >= 4 is 17.3 Å². The van der Waals surface area contributed by atoms with Gasteiger partial charge in [0.25, 0.3) is 0 Å². The summed E-state index contributed by atoms with van der Waals surface area (Å²) >= 11 is 0. The van der Waals surface area contributed by atoms with Crippen LogP contribution in [0.4, 0.5) is 11.5 Å². The Kier molecular flexibility index (Phi) is 4.79. The first-order valence-corrected chi connectivity index (χ1v) is 8.08. The van der Waals surface area contributed by atoms with Gasteiger partial charge in [0.2, 0.25) is 0 Å². The van der Waals surface area contributed by atoms with Crippen LogP contribution in [0.1, 0.15) is 13.3 Å². The van der Waals surface area contributed by atoms with Crippen LogP contribution in [0.25, 0.3) is 0 Å². The summed E-state index contributed by atoms with van der Waals surface area (Å²) in [6.07, 6.45) is 4.10. The monoisotopic (exact) mass is 323 g/mol. The quantitative estimate of drug-likeness (QED) is 0.845. The Morgan fingerprint density at radius 1 is 1.17 bits per heavy atom. The second-order valence-electron chi connectivity index (χ2n) is 5.50. The molecule has 0 radical (unpaired) electrons. The van der Waals surface area contributed by atoms with E-state index in [1.165, 1.54) is 0 Å². The average Bonchev–Trinajstić information content (AvgIpc) is 2.67. The standard InChI is InChI=1S/C19H21N3O2/c1-3-17(23)16-14-21(15-8-4-5-9-18(15)24-2)12-13-22(16)19-10-6-7-11-20-19/h4-11,14H,3,12-13H2,1-2H3. The number of carbonyl (C=O) groups excluding carboxylic acids is 1. The minimum atomic E-state index is 0.0975. The fourth-order valence-electron chi connectivity index (χ4n) is 2.82. The Bertz CT molecular complexity index is 743. The van der Waals surface area contributed by atoms with Gasteiger partial charge in [-0.05, 0) is 24.3 Å². The molecule has 0 saturated heterocycles. The van der Waals surface area contributed by atoms with Gasteiger partial charge in [0.05, 0.1) is 12.8 Å². The lowest BCUT2D eigenvalue weighted by atomic mass is 10.1. The highest BCUT2D eigenvalue weighted by Gasteiger charge is 2.25. The summed E-state index contributed by atoms with van der Waals surface area (Å²) in [6, 6.07) is 13.6. The number of methoxy groups -OCH3 is 1. The predicted octanol–water partition coefficient (Wildman–Crippen LogP) is 3.24. The van der Waals surface area contributed by atoms with Gasteiger partial charge in [-0.2, -0.15) is 0 Å². The molecule has 2 heterocycles. The summed E-state index contributed by atoms with van der Waals surface area (Å²) in [5.74, 6) is 1.69. The number of carbonyl (C=O) groups is 1. The molecule has 1 aromatic heterocycles. The molecule has 0 aliphatic carbocycles. The fourth-order valence-corrected chi connectivity index (χ4v) is 2.82. The third-order valence-corrected chi connectivity index (χ3v) is 4.06. The van der Waals surface area contributed by atoms with Gasteiger partial charge in [0.15, 0.2) is 5.78 Å². The largest absolute Gasteiger partial charge is 0.495 e. The summed E-state index contributed by atoms with van der Waals surface area (Å²) in [7, 11) is 1.66. The molecule has 0 N–H and O–H groups in total. The van der Waals surface area contributed by atoms with Crippen LogP contribution < -0.4 is 14.5 Å². The number of pyridine rings is 1. The van der Waals surface area contributed by atoms with Crippen LogP contribution in [-0.4, -0.2) is 31.0 Å². The van der Waals surface area contributed by atoms with E-state index in [1.54, 1.807) is 13.3 Å². The highest BCUT2D eigenvalue weighted by molar-refractivity contribution is 5.99. The topological polar surface area (TPSA) is 45.7 Å². The van der Waals surface area contributed by atoms with Crippen molar-refractivity contribution in [1.82, 2.24) is 4.98 Å². The molecule has 0 bridgehead atoms. The lowest BCUT2D eigenvalue weighted by molar-refractivity contribution is -0.115. The first-order valence-electron chi connectivity index (χ1n) is 8.08. The Hall–Kier alpha value is -2.82. The van der Waals surface area contributed by atoms with E-state index in [4.69, 9.17) is 4.74 Å². The molecule has 1 aromatic carbocycles. The minimum Gasteiger partial charge on any atom is -0.495 e. The Morgan fingerprint density at radius 2 is 1.96 bits per heavy atom. The molecule has 0 unspecified atom stereocenters. The van der Waals surface area contributed by atoms with Crippen LogP contribution in [0, 0.1) is 0 Å². The van der Waals surface area contributed by atoms with Crippen LogP contribution in [0.2, 0.25) is 0 Å². The summed E-state index contributed by atoms with van der Waals surface area (Å²) in [5, 5.41) is 0. The molecule has 5 nitrogen and oxygen atoms in total. The number of hydrogen-bond donors (Lipinski definition) is 0. The van der Waals surface area contributed by atoms with E-state index in [-0.39, 0.29) is 5.78 Å². The van der Waals surface area contributed by atoms with Crippen molar-refractivity contribution in [2.75, 3.05) is 30.0 Å². The number of ketones is 1. The van der Waals surface area contributed by atoms with Crippen molar-refractivity contribution in [3.8, 4) is 5.75 Å². The number of para-hydroxylation sites is 2. The maximum absolute atomic E-state index is 12.5. The molecule has 1 aliphatic heterocycles. The minimum absolute atomic E-state index is 0.0975. The molecule has 2 aromatic rings. The van der Waals surface area contributed by atoms with Crippen molar-refractivity contribution in [3.63, 3.8) is 0 Å². The molecule has 0 spiro atoms. The smallest absolute Gasteiger partial charge is 0.180 e. The normalized spacial score (nSPS) is 14.3. The lowest BCUT2D eigenvalue weighted by Gasteiger charge is -2.35. The summed E-state index contributed by atoms with van der Waals surface area (Å²) in [4.78, 5) is 20.9. The summed E-state index contributed by atoms with van der Waals surface area (Å²) in [6.45, 7) is 3.31. The lowest BCUT2D eigenvalue weighted by Crippen LogP contribution is -2.41. The predicted molar refractivity (Wildman–Crippen MR) is 95.3 cm³/mol. The van der Waals surface area contributed by atoms with E-state index >= 15 is 0 Å². The van der Waals surface area contributed by atoms with Gasteiger partial charge < -0.3 is 14.5 Å². The highest BCUT2D eigenvalue weighted by Crippen LogP contribution is 2.31. The van der Waals surface area contributed by atoms with Crippen LogP contribution >= 0.6 is 0 Å². The third kappa shape index (κ3) is 3.11. The van der Waals surface area contributed by atoms with Crippen LogP contribution in [0.15, 0.2) is 60.6 Å². The Morgan fingerprint density at radius 3 is 2.67 bits per heavy atom. The van der Waals surface area contributed by atoms with Gasteiger partial charge in [0.1, 0.15) is 17.3 Å². The number of allylic oxidation sites excluding steroid dienone is 1. The van der Waals surface area contributed by atoms with E-state index in [0.29, 0.717) is 18.7 Å². The average molecular weight is 323 g/mol. The van der Waals surface area contributed by atoms with E-state index in [1.807, 2.05) is 60.5 Å². The van der Waals surface area contributed by atoms with Crippen LogP contribution in [0.5, 0.6) is 5.75 Å². The third-order valence-electron chi connectivity index (χ3n) is 4.06. The molecule has 0 fully saturated rings. The molecule has 0 saturated carbocycles. The SMILES string of the molecule is CCC(=O)C1=CN(c2ccccc2OC)CCN1c1ccccn1. The molecular formula is C19H21N3O2. The number of anilines is 2. The van der Waals surface area contributed by atoms with Gasteiger partial charge in [0, 0.05) is 31.9 Å². The first-order chi connectivity index (χ1) is 11.7. The van der Waals surface area contributed by atoms with Crippen molar-refractivity contribution in [3.05, 3.63) is 60.6 Å². The van der Waals surface area contributed by atoms with E-state index in [2.05, 4.69) is 9.88 Å². The summed E-state index contributed by atoms with van der Waals surface area (Å²) < 4.78 is 5.45. The number of aromatic nitrogens is 1. The van der Waals surface area contributed by atoms with Crippen molar-refractivity contribution in [2.24, 2.45) is 0 Å². The Labute approximate surface area is 142 Å². The molecule has 3 rings (SSSR count). The molecule has 124 valence electrons. The molecular weight excluding hydrogens is 302 g/mol. The van der Waals surface area contributed by atoms with E-state index in [9.17, 15) is 4.79 Å². The molecule has 5 heteroatoms. The second-order valence-corrected chi connectivity index (χ2v) is 5.50. The van der Waals surface area contributed by atoms with E-state index in [0.717, 1.165) is 23.8 Å². The highest BCUT2D eigenvalue weighted by atomic mass is 16.5. The van der Waals surface area contributed by atoms with E-state index < -0.39 is 0 Å². The maximum Gasteiger partial charge on any atom is 0.180 e. The number of benzene rings is 1. The van der Waals surface area contributed by atoms with Crippen LogP contribution in [-0.2, 0) is 4.79 Å². The zero-order chi connectivity index (χ0) is 16.9. The zero-order valence-electron chi connectivity index (χ0n) is 14.0. The van der Waals surface area contributed by atoms with Crippen molar-refractivity contribution in [1.29, 1.82) is 0 Å². The van der Waals surface area contributed by atoms with Crippen molar-refractivity contribution in [2.45, 2.75) is 13.3 Å². The van der Waals surface area contributed by atoms with Gasteiger partial charge in [-0.25, -0.2) is 4.98 Å². The summed E-state index contributed by atoms with van der Waals surface area (Å²) in [5.41, 5.74) is 1.62. The van der Waals surface area contributed by atoms with Crippen molar-refractivity contribution < 1.29 is 9.53 Å². The first kappa shape index (κ1) is 16.1. The van der Waals surface area contributed by atoms with Gasteiger partial charge in [-0.1, -0.05) is 25.1 Å². The molecule has 0 atom stereocenters. The zero-order valence-corrected chi connectivity index (χ0v) is 14.0. The number of ether oxygens (including phenoxy) is 1. The number of rotatable bonds is 5. The Balaban J connectivity index is 2.00. The number of Topliss-reactive ketones (excluding diaryl/α,β-unsaturated/α-hetero) is 1.